The van der Waals surface area contributed by atoms with Crippen LogP contribution in [0.15, 0.2) is 46.9 Å². The van der Waals surface area contributed by atoms with Gasteiger partial charge in [0.25, 0.3) is 5.91 Å². The van der Waals surface area contributed by atoms with E-state index in [9.17, 15) is 13.2 Å². The molecule has 0 aliphatic heterocycles. The molecule has 0 bridgehead atoms. The van der Waals surface area contributed by atoms with Crippen LogP contribution in [0.1, 0.15) is 29.4 Å². The lowest BCUT2D eigenvalue weighted by atomic mass is 10.1. The molecule has 2 aromatic carbocycles. The number of hydrogen-bond donors (Lipinski definition) is 2. The highest BCUT2D eigenvalue weighted by Crippen LogP contribution is 2.31. The minimum atomic E-state index is -3.41. The van der Waals surface area contributed by atoms with Gasteiger partial charge in [-0.15, -0.1) is 0 Å². The summed E-state index contributed by atoms with van der Waals surface area (Å²) in [6, 6.07) is 12.9. The lowest BCUT2D eigenvalue weighted by molar-refractivity contribution is 0.101. The van der Waals surface area contributed by atoms with Gasteiger partial charge in [-0.3, -0.25) is 9.52 Å². The number of aryl methyl sites for hydroxylation is 1. The summed E-state index contributed by atoms with van der Waals surface area (Å²) in [7, 11) is -1.57. The molecule has 0 aliphatic carbocycles. The van der Waals surface area contributed by atoms with Crippen LogP contribution in [0.3, 0.4) is 0 Å². The molecule has 1 aromatic heterocycles. The maximum absolute atomic E-state index is 13.0. The van der Waals surface area contributed by atoms with Gasteiger partial charge < -0.3 is 9.88 Å². The summed E-state index contributed by atoms with van der Waals surface area (Å²) in [4.78, 5) is 13.0. The Morgan fingerprint density at radius 1 is 1.11 bits per heavy atom. The van der Waals surface area contributed by atoms with Gasteiger partial charge in [-0.1, -0.05) is 31.2 Å². The Labute approximate surface area is 173 Å². The predicted molar refractivity (Wildman–Crippen MR) is 117 cm³/mol. The van der Waals surface area contributed by atoms with Crippen LogP contribution < -0.4 is 10.0 Å². The van der Waals surface area contributed by atoms with E-state index in [1.165, 1.54) is 0 Å². The van der Waals surface area contributed by atoms with Gasteiger partial charge in [-0.05, 0) is 53.0 Å². The van der Waals surface area contributed by atoms with Gasteiger partial charge in [-0.25, -0.2) is 8.42 Å². The van der Waals surface area contributed by atoms with E-state index in [0.29, 0.717) is 29.1 Å². The number of sulfonamides is 1. The minimum Gasteiger partial charge on any atom is -0.339 e. The molecule has 0 atom stereocenters. The zero-order valence-corrected chi connectivity index (χ0v) is 18.3. The van der Waals surface area contributed by atoms with Crippen LogP contribution in [0.2, 0.25) is 0 Å². The van der Waals surface area contributed by atoms with E-state index in [-0.39, 0.29) is 11.7 Å². The van der Waals surface area contributed by atoms with E-state index in [1.807, 2.05) is 42.8 Å². The average Bonchev–Trinajstić information content (AvgIpc) is 2.89. The summed E-state index contributed by atoms with van der Waals surface area (Å²) >= 11 is 3.53. The Bertz CT molecular complexity index is 1110. The normalized spacial score (nSPS) is 11.6. The van der Waals surface area contributed by atoms with Crippen LogP contribution in [-0.4, -0.2) is 24.6 Å². The fourth-order valence-corrected chi connectivity index (χ4v) is 5.13. The number of nitrogens with zero attached hydrogens (tertiary/aromatic N) is 1. The average molecular weight is 464 g/mol. The summed E-state index contributed by atoms with van der Waals surface area (Å²) in [6.07, 6.45) is 0.528. The van der Waals surface area contributed by atoms with Gasteiger partial charge in [0.1, 0.15) is 5.69 Å². The third-order valence-electron chi connectivity index (χ3n) is 4.58. The van der Waals surface area contributed by atoms with Crippen molar-refractivity contribution in [3.05, 3.63) is 58.2 Å². The molecule has 0 aliphatic rings. The summed E-state index contributed by atoms with van der Waals surface area (Å²) < 4.78 is 29.3. The number of rotatable bonds is 6. The van der Waals surface area contributed by atoms with Crippen molar-refractivity contribution in [2.75, 3.05) is 15.8 Å². The molecule has 2 N–H and O–H groups in total. The molecule has 0 unspecified atom stereocenters. The number of aromatic nitrogens is 1. The molecule has 0 saturated carbocycles. The van der Waals surface area contributed by atoms with Crippen LogP contribution >= 0.6 is 15.9 Å². The van der Waals surface area contributed by atoms with Crippen molar-refractivity contribution < 1.29 is 13.2 Å². The fraction of sp³-hybridized carbons (Fsp3) is 0.250. The Morgan fingerprint density at radius 2 is 1.79 bits per heavy atom. The van der Waals surface area contributed by atoms with Crippen molar-refractivity contribution in [2.45, 2.75) is 20.3 Å². The Morgan fingerprint density at radius 3 is 2.46 bits per heavy atom. The SMILES string of the molecule is CCCS(=O)(=O)Nc1cccc(NC(=O)c2c(Br)c3ccccc3n2C)c1C. The smallest absolute Gasteiger partial charge is 0.273 e. The number of halogens is 1. The molecule has 6 nitrogen and oxygen atoms in total. The van der Waals surface area contributed by atoms with E-state index in [1.54, 1.807) is 25.1 Å². The summed E-state index contributed by atoms with van der Waals surface area (Å²) in [5.41, 5.74) is 3.11. The van der Waals surface area contributed by atoms with Crippen molar-refractivity contribution in [3.63, 3.8) is 0 Å². The van der Waals surface area contributed by atoms with Crippen LogP contribution in [-0.2, 0) is 17.1 Å². The highest BCUT2D eigenvalue weighted by atomic mass is 79.9. The standard InChI is InChI=1S/C20H22BrN3O3S/c1-4-12-28(26,27)23-16-10-7-9-15(13(16)2)22-20(25)19-18(21)14-8-5-6-11-17(14)24(19)3/h5-11,23H,4,12H2,1-3H3,(H,22,25). The number of nitrogens with one attached hydrogen (secondary N) is 2. The van der Waals surface area contributed by atoms with Crippen LogP contribution in [0.5, 0.6) is 0 Å². The monoisotopic (exact) mass is 463 g/mol. The van der Waals surface area contributed by atoms with Crippen LogP contribution in [0.25, 0.3) is 10.9 Å². The highest BCUT2D eigenvalue weighted by Gasteiger charge is 2.20. The Kier molecular flexibility index (Phi) is 5.81. The number of hydrogen-bond acceptors (Lipinski definition) is 3. The van der Waals surface area contributed by atoms with Gasteiger partial charge in [0, 0.05) is 23.6 Å². The van der Waals surface area contributed by atoms with E-state index in [0.717, 1.165) is 15.4 Å². The Hall–Kier alpha value is -2.32. The van der Waals surface area contributed by atoms with Crippen LogP contribution in [0, 0.1) is 6.92 Å². The first-order chi connectivity index (χ1) is 13.2. The fourth-order valence-electron chi connectivity index (χ4n) is 3.15. The lowest BCUT2D eigenvalue weighted by Crippen LogP contribution is -2.19. The van der Waals surface area contributed by atoms with E-state index in [4.69, 9.17) is 0 Å². The van der Waals surface area contributed by atoms with Crippen molar-refractivity contribution >= 4 is 54.1 Å². The Balaban J connectivity index is 1.93. The number of benzene rings is 2. The number of para-hydroxylation sites is 1. The first kappa shape index (κ1) is 20.4. The van der Waals surface area contributed by atoms with E-state index in [2.05, 4.69) is 26.0 Å². The molecule has 8 heteroatoms. The second-order valence-electron chi connectivity index (χ2n) is 6.59. The molecule has 0 radical (unpaired) electrons. The second kappa shape index (κ2) is 7.97. The molecule has 1 amide bonds. The van der Waals surface area contributed by atoms with Gasteiger partial charge in [0.05, 0.1) is 15.9 Å². The van der Waals surface area contributed by atoms with Gasteiger partial charge in [-0.2, -0.15) is 0 Å². The van der Waals surface area contributed by atoms with Gasteiger partial charge >= 0.3 is 0 Å². The second-order valence-corrected chi connectivity index (χ2v) is 9.23. The number of amides is 1. The number of fused-ring (bicyclic) bond motifs is 1. The first-order valence-electron chi connectivity index (χ1n) is 8.89. The van der Waals surface area contributed by atoms with Gasteiger partial charge in [0.2, 0.25) is 10.0 Å². The largest absolute Gasteiger partial charge is 0.339 e. The molecule has 28 heavy (non-hydrogen) atoms. The molecule has 3 rings (SSSR count). The van der Waals surface area contributed by atoms with Crippen molar-refractivity contribution in [1.82, 2.24) is 4.57 Å². The molecule has 1 heterocycles. The maximum Gasteiger partial charge on any atom is 0.273 e. The first-order valence-corrected chi connectivity index (χ1v) is 11.3. The molecule has 0 saturated heterocycles. The number of carbonyl (C=O) groups excluding carboxylic acids is 1. The molecular formula is C20H22BrN3O3S. The summed E-state index contributed by atoms with van der Waals surface area (Å²) in [5, 5.41) is 3.85. The third-order valence-corrected chi connectivity index (χ3v) is 6.86. The minimum absolute atomic E-state index is 0.0475. The molecular weight excluding hydrogens is 442 g/mol. The number of carbonyl (C=O) groups is 1. The summed E-state index contributed by atoms with van der Waals surface area (Å²) in [5.74, 6) is -0.228. The molecule has 0 spiro atoms. The van der Waals surface area contributed by atoms with Crippen LogP contribution in [0.4, 0.5) is 11.4 Å². The van der Waals surface area contributed by atoms with Crippen molar-refractivity contribution in [1.29, 1.82) is 0 Å². The zero-order chi connectivity index (χ0) is 20.5. The quantitative estimate of drug-likeness (QED) is 0.557. The van der Waals surface area contributed by atoms with E-state index >= 15 is 0 Å². The number of anilines is 2. The highest BCUT2D eigenvalue weighted by molar-refractivity contribution is 9.10. The topological polar surface area (TPSA) is 80.2 Å². The van der Waals surface area contributed by atoms with Gasteiger partial charge in [0.15, 0.2) is 0 Å². The zero-order valence-electron chi connectivity index (χ0n) is 15.9. The van der Waals surface area contributed by atoms with E-state index < -0.39 is 10.0 Å². The predicted octanol–water partition coefficient (Wildman–Crippen LogP) is 4.65. The third kappa shape index (κ3) is 3.93. The molecule has 3 aromatic rings. The molecule has 148 valence electrons. The maximum atomic E-state index is 13.0. The van der Waals surface area contributed by atoms with Crippen molar-refractivity contribution in [2.24, 2.45) is 7.05 Å². The summed E-state index contributed by atoms with van der Waals surface area (Å²) in [6.45, 7) is 3.58. The van der Waals surface area contributed by atoms with Crippen molar-refractivity contribution in [3.8, 4) is 0 Å². The lowest BCUT2D eigenvalue weighted by Gasteiger charge is -2.14. The molecule has 0 fully saturated rings.